The molecule has 1 atom stereocenters. The number of anilines is 1. The van der Waals surface area contributed by atoms with Crippen LogP contribution in [-0.4, -0.2) is 80.1 Å². The molecule has 1 fully saturated rings. The molecule has 3 aromatic rings. The molecule has 0 bridgehead atoms. The number of likely N-dealkylation sites (N-methyl/N-ethyl adjacent to an activating group) is 1. The van der Waals surface area contributed by atoms with Crippen LogP contribution in [0.4, 0.5) is 5.82 Å². The number of aromatic nitrogens is 3. The van der Waals surface area contributed by atoms with Crippen molar-refractivity contribution < 1.29 is 22.8 Å². The zero-order valence-corrected chi connectivity index (χ0v) is 22.1. The number of rotatable bonds is 10. The maximum Gasteiger partial charge on any atom is 0.162 e. The minimum absolute atomic E-state index is 0.0705. The number of aryl methyl sites for hydroxylation is 2. The lowest BCUT2D eigenvalue weighted by atomic mass is 9.99. The average molecular weight is 516 g/mol. The lowest BCUT2D eigenvalue weighted by molar-refractivity contribution is 0.108. The quantitative estimate of drug-likeness (QED) is 0.414. The number of nitrogens with one attached hydrogen (secondary N) is 1. The number of sulfone groups is 1. The van der Waals surface area contributed by atoms with Gasteiger partial charge in [-0.15, -0.1) is 0 Å². The summed E-state index contributed by atoms with van der Waals surface area (Å²) < 4.78 is 34.7. The van der Waals surface area contributed by atoms with Gasteiger partial charge in [-0.2, -0.15) is 0 Å². The maximum atomic E-state index is 11.7. The van der Waals surface area contributed by atoms with Crippen LogP contribution in [0.1, 0.15) is 17.0 Å². The Bertz CT molecular complexity index is 1320. The highest BCUT2D eigenvalue weighted by Gasteiger charge is 2.33. The Hall–Kier alpha value is -3.02. The molecule has 194 valence electrons. The summed E-state index contributed by atoms with van der Waals surface area (Å²) in [6, 6.07) is 7.44. The molecule has 36 heavy (non-hydrogen) atoms. The topological polar surface area (TPSA) is 131 Å². The smallest absolute Gasteiger partial charge is 0.162 e. The summed E-state index contributed by atoms with van der Waals surface area (Å²) in [5.74, 6) is 2.77. The standard InChI is InChI=1S/C25H33N5O5S/c1-15-23(22-16(2)29-35-17(22)3)27-24(28-25(15)30-11-18(12-30)14-36(5,32)33)19-7-6-8-21(9-19)34-13-20(31)10-26-4/h6-9,18,20,26,31H,10-14H2,1-5H3. The van der Waals surface area contributed by atoms with Crippen molar-refractivity contribution in [2.75, 3.05) is 50.2 Å². The number of hydrogen-bond donors (Lipinski definition) is 2. The molecular weight excluding hydrogens is 482 g/mol. The summed E-state index contributed by atoms with van der Waals surface area (Å²) in [5, 5.41) is 17.0. The van der Waals surface area contributed by atoms with E-state index in [-0.39, 0.29) is 18.3 Å². The summed E-state index contributed by atoms with van der Waals surface area (Å²) in [5.41, 5.74) is 3.94. The van der Waals surface area contributed by atoms with Gasteiger partial charge in [0.05, 0.1) is 22.7 Å². The molecule has 1 aromatic carbocycles. The van der Waals surface area contributed by atoms with Crippen LogP contribution in [0, 0.1) is 26.7 Å². The Morgan fingerprint density at radius 2 is 2.00 bits per heavy atom. The molecule has 10 nitrogen and oxygen atoms in total. The highest BCUT2D eigenvalue weighted by Crippen LogP contribution is 2.37. The second kappa shape index (κ2) is 10.5. The van der Waals surface area contributed by atoms with Crippen molar-refractivity contribution in [3.05, 3.63) is 41.3 Å². The highest BCUT2D eigenvalue weighted by molar-refractivity contribution is 7.90. The van der Waals surface area contributed by atoms with Gasteiger partial charge in [0.1, 0.15) is 39.9 Å². The lowest BCUT2D eigenvalue weighted by Gasteiger charge is -2.40. The van der Waals surface area contributed by atoms with E-state index in [0.29, 0.717) is 37.0 Å². The van der Waals surface area contributed by atoms with Crippen LogP contribution in [0.5, 0.6) is 5.75 Å². The summed E-state index contributed by atoms with van der Waals surface area (Å²) in [6.45, 7) is 7.50. The number of aliphatic hydroxyl groups excluding tert-OH is 1. The summed E-state index contributed by atoms with van der Waals surface area (Å²) >= 11 is 0. The van der Waals surface area contributed by atoms with Gasteiger partial charge >= 0.3 is 0 Å². The van der Waals surface area contributed by atoms with E-state index in [4.69, 9.17) is 19.2 Å². The second-order valence-corrected chi connectivity index (χ2v) is 11.6. The fraction of sp³-hybridized carbons (Fsp3) is 0.480. The van der Waals surface area contributed by atoms with E-state index in [0.717, 1.165) is 33.9 Å². The molecular formula is C25H33N5O5S. The molecule has 0 aliphatic carbocycles. The van der Waals surface area contributed by atoms with Crippen LogP contribution in [0.2, 0.25) is 0 Å². The molecule has 11 heteroatoms. The molecule has 0 spiro atoms. The van der Waals surface area contributed by atoms with E-state index in [1.165, 1.54) is 6.26 Å². The first kappa shape index (κ1) is 26.1. The molecule has 1 saturated heterocycles. The molecule has 1 unspecified atom stereocenters. The summed E-state index contributed by atoms with van der Waals surface area (Å²) in [4.78, 5) is 11.9. The number of ether oxygens (including phenoxy) is 1. The third kappa shape index (κ3) is 5.85. The van der Waals surface area contributed by atoms with Gasteiger partial charge in [-0.3, -0.25) is 0 Å². The average Bonchev–Trinajstić information content (AvgIpc) is 3.13. The largest absolute Gasteiger partial charge is 0.491 e. The maximum absolute atomic E-state index is 11.7. The molecule has 0 amide bonds. The number of benzene rings is 1. The van der Waals surface area contributed by atoms with Crippen molar-refractivity contribution in [1.29, 1.82) is 0 Å². The van der Waals surface area contributed by atoms with Gasteiger partial charge in [0.25, 0.3) is 0 Å². The third-order valence-corrected chi connectivity index (χ3v) is 7.24. The van der Waals surface area contributed by atoms with Crippen molar-refractivity contribution >= 4 is 15.7 Å². The Balaban J connectivity index is 1.70. The Morgan fingerprint density at radius 3 is 2.64 bits per heavy atom. The Labute approximate surface area is 211 Å². The fourth-order valence-corrected chi connectivity index (χ4v) is 5.56. The zero-order valence-electron chi connectivity index (χ0n) is 21.3. The van der Waals surface area contributed by atoms with Crippen LogP contribution >= 0.6 is 0 Å². The second-order valence-electron chi connectivity index (χ2n) is 9.46. The minimum atomic E-state index is -3.04. The highest BCUT2D eigenvalue weighted by atomic mass is 32.2. The normalized spacial score (nSPS) is 15.1. The van der Waals surface area contributed by atoms with Crippen LogP contribution in [-0.2, 0) is 9.84 Å². The Kier molecular flexibility index (Phi) is 7.62. The molecule has 4 rings (SSSR count). The minimum Gasteiger partial charge on any atom is -0.491 e. The number of nitrogens with zero attached hydrogens (tertiary/aromatic N) is 4. The first-order valence-electron chi connectivity index (χ1n) is 11.9. The zero-order chi connectivity index (χ0) is 26.0. The van der Waals surface area contributed by atoms with Crippen LogP contribution in [0.15, 0.2) is 28.8 Å². The molecule has 1 aliphatic rings. The van der Waals surface area contributed by atoms with Crippen molar-refractivity contribution in [1.82, 2.24) is 20.4 Å². The van der Waals surface area contributed by atoms with Gasteiger partial charge in [-0.1, -0.05) is 17.3 Å². The lowest BCUT2D eigenvalue weighted by Crippen LogP contribution is -2.50. The van der Waals surface area contributed by atoms with Gasteiger partial charge in [0, 0.05) is 42.9 Å². The van der Waals surface area contributed by atoms with Crippen LogP contribution in [0.25, 0.3) is 22.6 Å². The molecule has 0 saturated carbocycles. The van der Waals surface area contributed by atoms with Crippen molar-refractivity contribution in [2.24, 2.45) is 5.92 Å². The summed E-state index contributed by atoms with van der Waals surface area (Å²) in [7, 11) is -1.27. The molecule has 1 aliphatic heterocycles. The van der Waals surface area contributed by atoms with Gasteiger partial charge < -0.3 is 24.6 Å². The van der Waals surface area contributed by atoms with E-state index < -0.39 is 15.9 Å². The van der Waals surface area contributed by atoms with Crippen LogP contribution < -0.4 is 15.0 Å². The van der Waals surface area contributed by atoms with Crippen LogP contribution in [0.3, 0.4) is 0 Å². The molecule has 3 heterocycles. The first-order chi connectivity index (χ1) is 17.1. The van der Waals surface area contributed by atoms with Crippen molar-refractivity contribution in [3.8, 4) is 28.4 Å². The van der Waals surface area contributed by atoms with Gasteiger partial charge in [-0.05, 0) is 40.0 Å². The van der Waals surface area contributed by atoms with E-state index >= 15 is 0 Å². The molecule has 0 radical (unpaired) electrons. The van der Waals surface area contributed by atoms with Gasteiger partial charge in [-0.25, -0.2) is 18.4 Å². The molecule has 2 N–H and O–H groups in total. The van der Waals surface area contributed by atoms with E-state index in [2.05, 4.69) is 15.4 Å². The third-order valence-electron chi connectivity index (χ3n) is 6.16. The van der Waals surface area contributed by atoms with E-state index in [9.17, 15) is 13.5 Å². The number of hydrogen-bond acceptors (Lipinski definition) is 10. The SMILES string of the molecule is CNCC(O)COc1cccc(-c2nc(-c3c(C)noc3C)c(C)c(N3CC(CS(C)(=O)=O)C3)n2)c1. The Morgan fingerprint density at radius 1 is 1.25 bits per heavy atom. The van der Waals surface area contributed by atoms with Gasteiger partial charge in [0.2, 0.25) is 0 Å². The number of aliphatic hydroxyl groups is 1. The van der Waals surface area contributed by atoms with E-state index in [1.807, 2.05) is 45.0 Å². The monoisotopic (exact) mass is 515 g/mol. The van der Waals surface area contributed by atoms with Gasteiger partial charge in [0.15, 0.2) is 5.82 Å². The van der Waals surface area contributed by atoms with Crippen molar-refractivity contribution in [2.45, 2.75) is 26.9 Å². The first-order valence-corrected chi connectivity index (χ1v) is 13.9. The fourth-order valence-electron chi connectivity index (χ4n) is 4.49. The van der Waals surface area contributed by atoms with E-state index in [1.54, 1.807) is 7.05 Å². The molecule has 2 aromatic heterocycles. The summed E-state index contributed by atoms with van der Waals surface area (Å²) in [6.07, 6.45) is 0.643. The van der Waals surface area contributed by atoms with Crippen molar-refractivity contribution in [3.63, 3.8) is 0 Å². The predicted molar refractivity (Wildman–Crippen MR) is 138 cm³/mol. The predicted octanol–water partition coefficient (Wildman–Crippen LogP) is 2.16.